The number of nitrogens with zero attached hydrogens (tertiary/aromatic N) is 4. The number of aromatic nitrogens is 3. The van der Waals surface area contributed by atoms with E-state index in [1.165, 1.54) is 42.9 Å². The van der Waals surface area contributed by atoms with Crippen LogP contribution >= 0.6 is 11.8 Å². The molecular formula is C24H27FN4O4S. The molecule has 2 fully saturated rings. The fraction of sp³-hybridized carbons (Fsp3) is 0.458. The normalized spacial score (nSPS) is 20.8. The summed E-state index contributed by atoms with van der Waals surface area (Å²) in [7, 11) is 1.30. The number of Topliss-reactive ketones (excluding diaryl/α,β-unsaturated/α-hetero) is 1. The number of ketones is 1. The number of hydrogen-bond acceptors (Lipinski definition) is 8. The van der Waals surface area contributed by atoms with E-state index >= 15 is 0 Å². The smallest absolute Gasteiger partial charge is 0.327 e. The van der Waals surface area contributed by atoms with Crippen LogP contribution in [0.4, 0.5) is 4.39 Å². The van der Waals surface area contributed by atoms with Crippen molar-refractivity contribution in [2.24, 2.45) is 5.92 Å². The summed E-state index contributed by atoms with van der Waals surface area (Å²) in [4.78, 5) is 42.9. The van der Waals surface area contributed by atoms with Gasteiger partial charge in [-0.1, -0.05) is 30.0 Å². The topological polar surface area (TPSA) is 94.4 Å². The van der Waals surface area contributed by atoms with Crippen molar-refractivity contribution in [3.05, 3.63) is 53.4 Å². The molecule has 10 heteroatoms. The molecule has 180 valence electrons. The number of carbonyl (C=O) groups is 3. The number of benzene rings is 1. The summed E-state index contributed by atoms with van der Waals surface area (Å²) < 4.78 is 20.8. The van der Waals surface area contributed by atoms with Gasteiger partial charge < -0.3 is 4.74 Å². The Morgan fingerprint density at radius 1 is 1.26 bits per heavy atom. The van der Waals surface area contributed by atoms with Gasteiger partial charge in [-0.15, -0.1) is 0 Å². The molecule has 34 heavy (non-hydrogen) atoms. The molecule has 0 amide bonds. The van der Waals surface area contributed by atoms with Gasteiger partial charge in [0, 0.05) is 36.7 Å². The predicted molar refractivity (Wildman–Crippen MR) is 125 cm³/mol. The molecule has 2 aromatic rings. The van der Waals surface area contributed by atoms with E-state index in [-0.39, 0.29) is 28.6 Å². The Morgan fingerprint density at radius 3 is 2.71 bits per heavy atom. The van der Waals surface area contributed by atoms with Gasteiger partial charge >= 0.3 is 5.97 Å². The van der Waals surface area contributed by atoms with E-state index in [4.69, 9.17) is 0 Å². The van der Waals surface area contributed by atoms with Gasteiger partial charge in [0.1, 0.15) is 18.7 Å². The molecule has 8 nitrogen and oxygen atoms in total. The average Bonchev–Trinajstić information content (AvgIpc) is 3.57. The van der Waals surface area contributed by atoms with E-state index in [9.17, 15) is 18.8 Å². The largest absolute Gasteiger partial charge is 0.468 e. The summed E-state index contributed by atoms with van der Waals surface area (Å²) in [5, 5.41) is 4.21. The van der Waals surface area contributed by atoms with Crippen LogP contribution in [0.2, 0.25) is 0 Å². The van der Waals surface area contributed by atoms with Crippen LogP contribution < -0.4 is 0 Å². The first-order valence-electron chi connectivity index (χ1n) is 11.2. The Morgan fingerprint density at radius 2 is 2.03 bits per heavy atom. The van der Waals surface area contributed by atoms with Crippen LogP contribution in [0.15, 0.2) is 36.2 Å². The number of halogens is 1. The summed E-state index contributed by atoms with van der Waals surface area (Å²) in [5.41, 5.74) is 1.27. The van der Waals surface area contributed by atoms with Crippen molar-refractivity contribution in [3.63, 3.8) is 0 Å². The number of thioether (sulfide) groups is 1. The van der Waals surface area contributed by atoms with E-state index in [0.717, 1.165) is 18.4 Å². The Labute approximate surface area is 201 Å². The molecular weight excluding hydrogens is 459 g/mol. The fourth-order valence-electron chi connectivity index (χ4n) is 4.21. The summed E-state index contributed by atoms with van der Waals surface area (Å²) in [6, 6.07) is 5.75. The summed E-state index contributed by atoms with van der Waals surface area (Å²) in [6.45, 7) is 2.41. The van der Waals surface area contributed by atoms with Gasteiger partial charge in [-0.05, 0) is 37.0 Å². The van der Waals surface area contributed by atoms with Gasteiger partial charge in [-0.25, -0.2) is 14.1 Å². The molecule has 0 spiro atoms. The van der Waals surface area contributed by atoms with E-state index < -0.39 is 17.8 Å². The van der Waals surface area contributed by atoms with Crippen molar-refractivity contribution in [2.45, 2.75) is 44.0 Å². The number of carbonyl (C=O) groups excluding carboxylic acids is 3. The van der Waals surface area contributed by atoms with Crippen LogP contribution in [-0.2, 0) is 25.7 Å². The molecule has 1 aliphatic carbocycles. The van der Waals surface area contributed by atoms with Crippen molar-refractivity contribution in [1.29, 1.82) is 0 Å². The second-order valence-corrected chi connectivity index (χ2v) is 9.93. The molecule has 2 aliphatic rings. The monoisotopic (exact) mass is 486 g/mol. The first-order chi connectivity index (χ1) is 16.4. The molecule has 2 unspecified atom stereocenters. The third-order valence-corrected chi connectivity index (χ3v) is 7.14. The zero-order chi connectivity index (χ0) is 24.2. The van der Waals surface area contributed by atoms with Crippen LogP contribution in [-0.4, -0.2) is 62.0 Å². The van der Waals surface area contributed by atoms with Gasteiger partial charge in [0.05, 0.1) is 13.2 Å². The molecule has 0 bridgehead atoms. The zero-order valence-corrected chi connectivity index (χ0v) is 20.0. The minimum atomic E-state index is -0.676. The van der Waals surface area contributed by atoms with Crippen LogP contribution in [0.25, 0.3) is 6.08 Å². The number of likely N-dealkylation sites (tertiary alicyclic amines) is 1. The van der Waals surface area contributed by atoms with Crippen LogP contribution in [0.3, 0.4) is 0 Å². The van der Waals surface area contributed by atoms with E-state index in [2.05, 4.69) is 14.8 Å². The quantitative estimate of drug-likeness (QED) is 0.526. The zero-order valence-electron chi connectivity index (χ0n) is 19.1. The van der Waals surface area contributed by atoms with Crippen LogP contribution in [0.1, 0.15) is 43.6 Å². The molecule has 1 saturated heterocycles. The third kappa shape index (κ3) is 5.79. The number of piperidine rings is 1. The lowest BCUT2D eigenvalue weighted by Gasteiger charge is -2.38. The Hall–Kier alpha value is -2.85. The number of methoxy groups -OCH3 is 1. The molecule has 0 N–H and O–H groups in total. The van der Waals surface area contributed by atoms with Crippen molar-refractivity contribution in [2.75, 3.05) is 20.2 Å². The molecule has 2 atom stereocenters. The highest BCUT2D eigenvalue weighted by Crippen LogP contribution is 2.40. The summed E-state index contributed by atoms with van der Waals surface area (Å²) >= 11 is 1.23. The average molecular weight is 487 g/mol. The second-order valence-electron chi connectivity index (χ2n) is 8.55. The summed E-state index contributed by atoms with van der Waals surface area (Å²) in [6.07, 6.45) is 5.54. The lowest BCUT2D eigenvalue weighted by Crippen LogP contribution is -2.43. The first kappa shape index (κ1) is 24.3. The van der Waals surface area contributed by atoms with Gasteiger partial charge in [0.15, 0.2) is 16.7 Å². The number of ether oxygens (including phenoxy) is 1. The predicted octanol–water partition coefficient (Wildman–Crippen LogP) is 3.05. The minimum absolute atomic E-state index is 0.00626. The summed E-state index contributed by atoms with van der Waals surface area (Å²) in [5.74, 6) is -0.426. The SMILES string of the molecule is COC(=O)Cn1cnc(/C=C2/CN(C(C(=O)C3CC3)c3ccccc3F)CCC2SC(C)=O)n1. The molecule has 1 aromatic carbocycles. The van der Waals surface area contributed by atoms with E-state index in [0.29, 0.717) is 30.9 Å². The maximum absolute atomic E-state index is 14.8. The highest BCUT2D eigenvalue weighted by Gasteiger charge is 2.41. The lowest BCUT2D eigenvalue weighted by atomic mass is 9.93. The van der Waals surface area contributed by atoms with Crippen molar-refractivity contribution < 1.29 is 23.5 Å². The van der Waals surface area contributed by atoms with Gasteiger partial charge in [0.25, 0.3) is 0 Å². The van der Waals surface area contributed by atoms with Crippen molar-refractivity contribution in [3.8, 4) is 0 Å². The maximum atomic E-state index is 14.8. The lowest BCUT2D eigenvalue weighted by molar-refractivity contribution is -0.141. The standard InChI is InChI=1S/C24H27FN4O4S/c1-15(30)34-20-9-10-28(12-17(20)11-21-26-14-29(27-21)13-22(31)33-2)23(24(32)16-7-8-16)18-5-3-4-6-19(18)25/h3-6,11,14,16,20,23H,7-10,12-13H2,1-2H3/b17-11-. The first-order valence-corrected chi connectivity index (χ1v) is 12.1. The molecule has 1 aromatic heterocycles. The van der Waals surface area contributed by atoms with Gasteiger partial charge in [-0.2, -0.15) is 5.10 Å². The Kier molecular flexibility index (Phi) is 7.57. The molecule has 2 heterocycles. The van der Waals surface area contributed by atoms with Crippen LogP contribution in [0.5, 0.6) is 0 Å². The Balaban J connectivity index is 1.63. The molecule has 1 aliphatic heterocycles. The molecule has 0 radical (unpaired) electrons. The van der Waals surface area contributed by atoms with Crippen molar-refractivity contribution in [1.82, 2.24) is 19.7 Å². The third-order valence-electron chi connectivity index (χ3n) is 5.99. The Bertz CT molecular complexity index is 1110. The minimum Gasteiger partial charge on any atom is -0.468 e. The number of rotatable bonds is 8. The number of esters is 1. The van der Waals surface area contributed by atoms with Gasteiger partial charge in [-0.3, -0.25) is 19.3 Å². The van der Waals surface area contributed by atoms with Crippen molar-refractivity contribution >= 4 is 34.7 Å². The molecule has 4 rings (SSSR count). The highest BCUT2D eigenvalue weighted by atomic mass is 32.2. The molecule has 1 saturated carbocycles. The second kappa shape index (κ2) is 10.6. The maximum Gasteiger partial charge on any atom is 0.327 e. The number of hydrogen-bond donors (Lipinski definition) is 0. The van der Waals surface area contributed by atoms with Gasteiger partial charge in [0.2, 0.25) is 0 Å². The van der Waals surface area contributed by atoms with E-state index in [1.54, 1.807) is 24.3 Å². The van der Waals surface area contributed by atoms with Crippen LogP contribution in [0, 0.1) is 11.7 Å². The highest BCUT2D eigenvalue weighted by molar-refractivity contribution is 8.14. The fourth-order valence-corrected chi connectivity index (χ4v) is 5.13. The van der Waals surface area contributed by atoms with E-state index in [1.807, 2.05) is 4.90 Å².